The van der Waals surface area contributed by atoms with Crippen molar-refractivity contribution in [3.05, 3.63) is 212 Å². The summed E-state index contributed by atoms with van der Waals surface area (Å²) in [4.78, 5) is 15.7. The molecule has 0 radical (unpaired) electrons. The number of aromatic nitrogens is 5. The molecule has 5 heteroatoms. The number of fused-ring (bicyclic) bond motifs is 7. The minimum atomic E-state index is 0.691. The third-order valence-corrected chi connectivity index (χ3v) is 11.7. The highest BCUT2D eigenvalue weighted by Gasteiger charge is 2.19. The highest BCUT2D eigenvalue weighted by Crippen LogP contribution is 2.39. The van der Waals surface area contributed by atoms with Crippen LogP contribution in [0.3, 0.4) is 0 Å². The SMILES string of the molecule is c1ccc(-c2cc(-c3cccc(-c4cc(-n5c6ccccc6c6ccccc65)nc5ccc(-n6c7ccccc7c7ccccc76)cc45)c3)nc(-c3ccccc3)n2)cc1. The van der Waals surface area contributed by atoms with Crippen molar-refractivity contribution in [2.24, 2.45) is 0 Å². The van der Waals surface area contributed by atoms with Gasteiger partial charge in [0.25, 0.3) is 0 Å². The molecule has 12 rings (SSSR count). The molecule has 0 amide bonds. The molecule has 0 aliphatic heterocycles. The number of rotatable bonds is 6. The molecule has 0 fully saturated rings. The maximum atomic E-state index is 5.46. The molecule has 0 atom stereocenters. The lowest BCUT2D eigenvalue weighted by Crippen LogP contribution is -2.01. The molecule has 8 aromatic carbocycles. The standard InChI is InChI=1S/C55H35N5/c1-3-16-36(17-4-1)48-35-49(58-55(57-48)37-18-5-2-6-19-37)39-21-15-20-38(32-39)45-34-54(60-52-28-13-9-24-43(52)44-25-10-14-29-53(44)60)56-47-31-30-40(33-46(45)47)59-50-26-11-7-22-41(50)42-23-8-12-27-51(42)59/h1-35H. The van der Waals surface area contributed by atoms with E-state index in [1.54, 1.807) is 0 Å². The fraction of sp³-hybridized carbons (Fsp3) is 0. The van der Waals surface area contributed by atoms with Crippen LogP contribution in [-0.2, 0) is 0 Å². The number of benzene rings is 8. The van der Waals surface area contributed by atoms with E-state index < -0.39 is 0 Å². The molecule has 0 spiro atoms. The third-order valence-electron chi connectivity index (χ3n) is 11.7. The van der Waals surface area contributed by atoms with Crippen LogP contribution in [0.25, 0.3) is 111 Å². The predicted molar refractivity (Wildman–Crippen MR) is 248 cm³/mol. The van der Waals surface area contributed by atoms with E-state index in [1.165, 1.54) is 32.6 Å². The number of pyridine rings is 1. The fourth-order valence-corrected chi connectivity index (χ4v) is 8.98. The van der Waals surface area contributed by atoms with Gasteiger partial charge in [-0.15, -0.1) is 0 Å². The molecule has 5 nitrogen and oxygen atoms in total. The first-order valence-electron chi connectivity index (χ1n) is 20.3. The normalized spacial score (nSPS) is 11.7. The van der Waals surface area contributed by atoms with Crippen molar-refractivity contribution in [2.45, 2.75) is 0 Å². The molecule has 0 aliphatic carbocycles. The summed E-state index contributed by atoms with van der Waals surface area (Å²) in [7, 11) is 0. The van der Waals surface area contributed by atoms with Gasteiger partial charge in [-0.2, -0.15) is 0 Å². The number of para-hydroxylation sites is 4. The summed E-state index contributed by atoms with van der Waals surface area (Å²) in [5.74, 6) is 1.56. The lowest BCUT2D eigenvalue weighted by Gasteiger charge is -2.16. The molecule has 12 aromatic rings. The molecule has 0 aliphatic rings. The quantitative estimate of drug-likeness (QED) is 0.169. The van der Waals surface area contributed by atoms with Gasteiger partial charge in [-0.3, -0.25) is 4.57 Å². The number of nitrogens with zero attached hydrogens (tertiary/aromatic N) is 5. The van der Waals surface area contributed by atoms with Crippen LogP contribution in [0.2, 0.25) is 0 Å². The number of hydrogen-bond donors (Lipinski definition) is 0. The Labute approximate surface area is 346 Å². The van der Waals surface area contributed by atoms with Crippen molar-refractivity contribution in [1.29, 1.82) is 0 Å². The van der Waals surface area contributed by atoms with Crippen LogP contribution in [0.15, 0.2) is 212 Å². The second-order valence-electron chi connectivity index (χ2n) is 15.2. The zero-order valence-corrected chi connectivity index (χ0v) is 32.4. The first kappa shape index (κ1) is 33.9. The molecule has 60 heavy (non-hydrogen) atoms. The van der Waals surface area contributed by atoms with Gasteiger partial charge in [0.1, 0.15) is 5.82 Å². The Morgan fingerprint density at radius 3 is 1.38 bits per heavy atom. The van der Waals surface area contributed by atoms with Crippen LogP contribution >= 0.6 is 0 Å². The lowest BCUT2D eigenvalue weighted by molar-refractivity contribution is 1.10. The van der Waals surface area contributed by atoms with Crippen LogP contribution in [0, 0.1) is 0 Å². The Morgan fingerprint density at radius 2 is 0.783 bits per heavy atom. The van der Waals surface area contributed by atoms with E-state index >= 15 is 0 Å². The topological polar surface area (TPSA) is 48.5 Å². The Kier molecular flexibility index (Phi) is 7.78. The Bertz CT molecular complexity index is 3440. The maximum Gasteiger partial charge on any atom is 0.160 e. The molecular weight excluding hydrogens is 731 g/mol. The van der Waals surface area contributed by atoms with Gasteiger partial charge in [-0.1, -0.05) is 152 Å². The molecule has 0 saturated heterocycles. The van der Waals surface area contributed by atoms with Crippen molar-refractivity contribution >= 4 is 54.5 Å². The Morgan fingerprint density at radius 1 is 0.300 bits per heavy atom. The molecule has 4 heterocycles. The van der Waals surface area contributed by atoms with Crippen molar-refractivity contribution in [3.63, 3.8) is 0 Å². The van der Waals surface area contributed by atoms with Crippen LogP contribution < -0.4 is 0 Å². The first-order chi connectivity index (χ1) is 29.7. The fourth-order valence-electron chi connectivity index (χ4n) is 8.98. The summed E-state index contributed by atoms with van der Waals surface area (Å²) in [5, 5.41) is 5.93. The molecule has 4 aromatic heterocycles. The van der Waals surface area contributed by atoms with Gasteiger partial charge in [-0.05, 0) is 71.8 Å². The second-order valence-corrected chi connectivity index (χ2v) is 15.2. The van der Waals surface area contributed by atoms with E-state index in [0.717, 1.165) is 72.6 Å². The van der Waals surface area contributed by atoms with Crippen molar-refractivity contribution < 1.29 is 0 Å². The third kappa shape index (κ3) is 5.52. The van der Waals surface area contributed by atoms with Gasteiger partial charge in [0.05, 0.1) is 39.0 Å². The largest absolute Gasteiger partial charge is 0.309 e. The molecule has 0 bridgehead atoms. The Hall–Kier alpha value is -8.15. The molecule has 0 saturated carbocycles. The zero-order chi connectivity index (χ0) is 39.6. The van der Waals surface area contributed by atoms with Gasteiger partial charge in [0.2, 0.25) is 0 Å². The second kappa shape index (κ2) is 13.8. The zero-order valence-electron chi connectivity index (χ0n) is 32.4. The van der Waals surface area contributed by atoms with Gasteiger partial charge >= 0.3 is 0 Å². The van der Waals surface area contributed by atoms with Crippen LogP contribution in [0.5, 0.6) is 0 Å². The highest BCUT2D eigenvalue weighted by atomic mass is 15.1. The maximum absolute atomic E-state index is 5.46. The van der Waals surface area contributed by atoms with E-state index in [9.17, 15) is 0 Å². The van der Waals surface area contributed by atoms with Gasteiger partial charge < -0.3 is 4.57 Å². The van der Waals surface area contributed by atoms with Crippen LogP contribution in [-0.4, -0.2) is 24.1 Å². The minimum absolute atomic E-state index is 0.691. The Balaban J connectivity index is 1.11. The van der Waals surface area contributed by atoms with E-state index in [2.05, 4.69) is 197 Å². The first-order valence-corrected chi connectivity index (χ1v) is 20.3. The summed E-state index contributed by atoms with van der Waals surface area (Å²) >= 11 is 0. The average Bonchev–Trinajstić information content (AvgIpc) is 3.85. The van der Waals surface area contributed by atoms with Gasteiger partial charge in [-0.25, -0.2) is 15.0 Å². The molecule has 280 valence electrons. The van der Waals surface area contributed by atoms with E-state index in [-0.39, 0.29) is 0 Å². The van der Waals surface area contributed by atoms with E-state index in [0.29, 0.717) is 5.82 Å². The van der Waals surface area contributed by atoms with Crippen molar-refractivity contribution in [3.8, 4) is 56.5 Å². The summed E-state index contributed by atoms with van der Waals surface area (Å²) in [5.41, 5.74) is 13.5. The van der Waals surface area contributed by atoms with Gasteiger partial charge in [0, 0.05) is 49.3 Å². The highest BCUT2D eigenvalue weighted by molar-refractivity contribution is 6.11. The van der Waals surface area contributed by atoms with Crippen molar-refractivity contribution in [2.75, 3.05) is 0 Å². The number of hydrogen-bond acceptors (Lipinski definition) is 3. The summed E-state index contributed by atoms with van der Waals surface area (Å²) in [6.45, 7) is 0. The summed E-state index contributed by atoms with van der Waals surface area (Å²) in [6.07, 6.45) is 0. The smallest absolute Gasteiger partial charge is 0.160 e. The molecule has 0 unspecified atom stereocenters. The van der Waals surface area contributed by atoms with E-state index in [4.69, 9.17) is 15.0 Å². The lowest BCUT2D eigenvalue weighted by atomic mass is 9.97. The minimum Gasteiger partial charge on any atom is -0.309 e. The molecular formula is C55H35N5. The van der Waals surface area contributed by atoms with E-state index in [1.807, 2.05) is 24.3 Å². The average molecular weight is 766 g/mol. The monoisotopic (exact) mass is 765 g/mol. The van der Waals surface area contributed by atoms with Crippen molar-refractivity contribution in [1.82, 2.24) is 24.1 Å². The molecule has 0 N–H and O–H groups in total. The summed E-state index contributed by atoms with van der Waals surface area (Å²) < 4.78 is 4.68. The predicted octanol–water partition coefficient (Wildman–Crippen LogP) is 13.9. The van der Waals surface area contributed by atoms with Crippen LogP contribution in [0.1, 0.15) is 0 Å². The van der Waals surface area contributed by atoms with Crippen LogP contribution in [0.4, 0.5) is 0 Å². The summed E-state index contributed by atoms with van der Waals surface area (Å²) in [6, 6.07) is 75.0. The van der Waals surface area contributed by atoms with Gasteiger partial charge in [0.15, 0.2) is 5.82 Å².